The number of nitrogens with one attached hydrogen (secondary N) is 1. The quantitative estimate of drug-likeness (QED) is 0.508. The highest BCUT2D eigenvalue weighted by molar-refractivity contribution is 7.92. The fourth-order valence-corrected chi connectivity index (χ4v) is 3.47. The van der Waals surface area contributed by atoms with E-state index in [0.29, 0.717) is 5.95 Å². The molecule has 0 aliphatic carbocycles. The van der Waals surface area contributed by atoms with Crippen LogP contribution in [0.3, 0.4) is 0 Å². The Bertz CT molecular complexity index is 1050. The average molecular weight is 425 g/mol. The van der Waals surface area contributed by atoms with Crippen LogP contribution < -0.4 is 14.5 Å². The molecule has 1 aromatic heterocycles. The van der Waals surface area contributed by atoms with E-state index in [1.54, 1.807) is 38.0 Å². The van der Waals surface area contributed by atoms with Crippen molar-refractivity contribution in [2.45, 2.75) is 11.8 Å². The second kappa shape index (κ2) is 7.83. The number of hydrogen-bond donors (Lipinski definition) is 1. The minimum absolute atomic E-state index is 0.00600. The summed E-state index contributed by atoms with van der Waals surface area (Å²) in [6, 6.07) is 1.55. The van der Waals surface area contributed by atoms with E-state index in [-0.39, 0.29) is 17.1 Å². The maximum Gasteiger partial charge on any atom is 0.280 e. The SMILES string of the molecule is Cc1c([N+](=O)[O-])cc(S(=O)(=O)Nc2cnc(N(C)C)nc2N(C)C)cc1[N+](=O)[O-]. The van der Waals surface area contributed by atoms with Crippen LogP contribution in [-0.4, -0.2) is 56.4 Å². The molecule has 0 atom stereocenters. The van der Waals surface area contributed by atoms with E-state index in [1.165, 1.54) is 13.1 Å². The first-order chi connectivity index (χ1) is 13.3. The van der Waals surface area contributed by atoms with Crippen LogP contribution in [0.15, 0.2) is 23.2 Å². The number of nitro benzene ring substituents is 2. The summed E-state index contributed by atoms with van der Waals surface area (Å²) in [6.45, 7) is 1.18. The molecule has 0 saturated heterocycles. The van der Waals surface area contributed by atoms with Crippen molar-refractivity contribution in [2.24, 2.45) is 0 Å². The number of nitrogens with zero attached hydrogens (tertiary/aromatic N) is 6. The van der Waals surface area contributed by atoms with Crippen molar-refractivity contribution in [2.75, 3.05) is 42.7 Å². The van der Waals surface area contributed by atoms with Gasteiger partial charge in [0.25, 0.3) is 21.4 Å². The number of rotatable bonds is 7. The van der Waals surface area contributed by atoms with E-state index >= 15 is 0 Å². The highest BCUT2D eigenvalue weighted by atomic mass is 32.2. The molecule has 13 nitrogen and oxygen atoms in total. The van der Waals surface area contributed by atoms with Gasteiger partial charge in [0.1, 0.15) is 16.1 Å². The standard InChI is InChI=1S/C15H19N7O6S/c1-9-12(21(23)24)6-10(7-13(9)22(25)26)29(27,28)18-11-8-16-15(20(4)5)17-14(11)19(2)3/h6-8,18H,1-5H3. The van der Waals surface area contributed by atoms with Gasteiger partial charge in [0.15, 0.2) is 5.82 Å². The summed E-state index contributed by atoms with van der Waals surface area (Å²) in [5.74, 6) is 0.571. The summed E-state index contributed by atoms with van der Waals surface area (Å²) in [5.41, 5.74) is -1.59. The molecule has 0 bridgehead atoms. The summed E-state index contributed by atoms with van der Waals surface area (Å²) in [7, 11) is 2.29. The van der Waals surface area contributed by atoms with E-state index in [2.05, 4.69) is 14.7 Å². The van der Waals surface area contributed by atoms with Gasteiger partial charge in [0.2, 0.25) is 5.95 Å². The van der Waals surface area contributed by atoms with Crippen molar-refractivity contribution >= 4 is 38.9 Å². The summed E-state index contributed by atoms with van der Waals surface area (Å²) in [6.07, 6.45) is 1.24. The van der Waals surface area contributed by atoms with Gasteiger partial charge in [-0.05, 0) is 6.92 Å². The monoisotopic (exact) mass is 425 g/mol. The maximum atomic E-state index is 12.8. The van der Waals surface area contributed by atoms with E-state index in [0.717, 1.165) is 12.1 Å². The highest BCUT2D eigenvalue weighted by Gasteiger charge is 2.29. The van der Waals surface area contributed by atoms with Gasteiger partial charge >= 0.3 is 0 Å². The lowest BCUT2D eigenvalue weighted by molar-refractivity contribution is -0.395. The van der Waals surface area contributed by atoms with Crippen molar-refractivity contribution in [3.05, 3.63) is 44.1 Å². The first-order valence-corrected chi connectivity index (χ1v) is 9.51. The van der Waals surface area contributed by atoms with Crippen LogP contribution in [0.1, 0.15) is 5.56 Å². The molecule has 29 heavy (non-hydrogen) atoms. The largest absolute Gasteiger partial charge is 0.361 e. The molecule has 0 aliphatic rings. The van der Waals surface area contributed by atoms with E-state index in [1.807, 2.05) is 0 Å². The molecular formula is C15H19N7O6S. The van der Waals surface area contributed by atoms with Crippen LogP contribution in [0.5, 0.6) is 0 Å². The minimum atomic E-state index is -4.41. The Morgan fingerprint density at radius 2 is 1.52 bits per heavy atom. The molecule has 1 N–H and O–H groups in total. The summed E-state index contributed by atoms with van der Waals surface area (Å²) in [5, 5.41) is 22.4. The Labute approximate surface area is 166 Å². The Morgan fingerprint density at radius 1 is 1.00 bits per heavy atom. The third-order valence-corrected chi connectivity index (χ3v) is 5.20. The number of benzene rings is 1. The van der Waals surface area contributed by atoms with Gasteiger partial charge in [0.05, 0.1) is 16.0 Å². The molecule has 1 aromatic carbocycles. The molecule has 1 heterocycles. The second-order valence-corrected chi connectivity index (χ2v) is 8.08. The normalized spacial score (nSPS) is 11.1. The molecule has 14 heteroatoms. The first-order valence-electron chi connectivity index (χ1n) is 8.03. The van der Waals surface area contributed by atoms with E-state index in [4.69, 9.17) is 0 Å². The van der Waals surface area contributed by atoms with Gasteiger partial charge in [-0.1, -0.05) is 0 Å². The molecule has 156 valence electrons. The average Bonchev–Trinajstić information content (AvgIpc) is 2.60. The lowest BCUT2D eigenvalue weighted by Crippen LogP contribution is -2.21. The van der Waals surface area contributed by atoms with Crippen LogP contribution in [0.2, 0.25) is 0 Å². The molecule has 2 aromatic rings. The molecule has 0 radical (unpaired) electrons. The fourth-order valence-electron chi connectivity index (χ4n) is 2.39. The zero-order valence-electron chi connectivity index (χ0n) is 16.3. The molecule has 0 unspecified atom stereocenters. The second-order valence-electron chi connectivity index (χ2n) is 6.40. The lowest BCUT2D eigenvalue weighted by atomic mass is 10.1. The molecule has 0 aliphatic heterocycles. The zero-order chi connectivity index (χ0) is 22.1. The van der Waals surface area contributed by atoms with Gasteiger partial charge in [-0.15, -0.1) is 0 Å². The van der Waals surface area contributed by atoms with Gasteiger partial charge in [0, 0.05) is 40.3 Å². The summed E-state index contributed by atoms with van der Waals surface area (Å²) >= 11 is 0. The van der Waals surface area contributed by atoms with Gasteiger partial charge < -0.3 is 9.80 Å². The van der Waals surface area contributed by atoms with Crippen molar-refractivity contribution in [3.8, 4) is 0 Å². The summed E-state index contributed by atoms with van der Waals surface area (Å²) < 4.78 is 27.9. The number of aromatic nitrogens is 2. The van der Waals surface area contributed by atoms with Crippen molar-refractivity contribution in [3.63, 3.8) is 0 Å². The number of sulfonamides is 1. The number of nitro groups is 2. The third kappa shape index (κ3) is 4.48. The molecule has 2 rings (SSSR count). The predicted molar refractivity (Wildman–Crippen MR) is 106 cm³/mol. The summed E-state index contributed by atoms with van der Waals surface area (Å²) in [4.78, 5) is 31.5. The van der Waals surface area contributed by atoms with Gasteiger partial charge in [-0.3, -0.25) is 25.0 Å². The topological polar surface area (TPSA) is 165 Å². The molecule has 0 spiro atoms. The lowest BCUT2D eigenvalue weighted by Gasteiger charge is -2.19. The molecular weight excluding hydrogens is 406 g/mol. The Balaban J connectivity index is 2.60. The third-order valence-electron chi connectivity index (χ3n) is 3.85. The smallest absolute Gasteiger partial charge is 0.280 e. The Hall–Kier alpha value is -3.55. The number of anilines is 3. The maximum absolute atomic E-state index is 12.8. The fraction of sp³-hybridized carbons (Fsp3) is 0.333. The minimum Gasteiger partial charge on any atom is -0.361 e. The Kier molecular flexibility index (Phi) is 5.87. The Morgan fingerprint density at radius 3 is 1.93 bits per heavy atom. The molecule has 0 saturated carbocycles. The van der Waals surface area contributed by atoms with Crippen LogP contribution in [0.25, 0.3) is 0 Å². The van der Waals surface area contributed by atoms with Crippen LogP contribution in [0, 0.1) is 27.2 Å². The van der Waals surface area contributed by atoms with E-state index in [9.17, 15) is 28.6 Å². The van der Waals surface area contributed by atoms with Gasteiger partial charge in [-0.25, -0.2) is 13.4 Å². The predicted octanol–water partition coefficient (Wildman–Crippen LogP) is 1.53. The number of hydrogen-bond acceptors (Lipinski definition) is 10. The van der Waals surface area contributed by atoms with Crippen molar-refractivity contribution in [1.29, 1.82) is 0 Å². The molecule has 0 fully saturated rings. The van der Waals surface area contributed by atoms with Crippen LogP contribution in [-0.2, 0) is 10.0 Å². The highest BCUT2D eigenvalue weighted by Crippen LogP contribution is 2.33. The van der Waals surface area contributed by atoms with Gasteiger partial charge in [-0.2, -0.15) is 4.98 Å². The van der Waals surface area contributed by atoms with E-state index < -0.39 is 36.1 Å². The zero-order valence-corrected chi connectivity index (χ0v) is 17.1. The van der Waals surface area contributed by atoms with Crippen molar-refractivity contribution < 1.29 is 18.3 Å². The van der Waals surface area contributed by atoms with Crippen LogP contribution >= 0.6 is 0 Å². The van der Waals surface area contributed by atoms with Crippen molar-refractivity contribution in [1.82, 2.24) is 9.97 Å². The first kappa shape index (κ1) is 21.7. The van der Waals surface area contributed by atoms with Crippen LogP contribution in [0.4, 0.5) is 28.8 Å². The molecule has 0 amide bonds.